The second-order valence-corrected chi connectivity index (χ2v) is 9.67. The second kappa shape index (κ2) is 10.8. The van der Waals surface area contributed by atoms with E-state index < -0.39 is 28.4 Å². The lowest BCUT2D eigenvalue weighted by Crippen LogP contribution is -2.38. The summed E-state index contributed by atoms with van der Waals surface area (Å²) in [6, 6.07) is 19.2. The van der Waals surface area contributed by atoms with E-state index in [2.05, 4.69) is 5.32 Å². The second-order valence-electron chi connectivity index (χ2n) is 6.92. The van der Waals surface area contributed by atoms with E-state index in [0.717, 1.165) is 4.31 Å². The summed E-state index contributed by atoms with van der Waals surface area (Å²) < 4.78 is 32.6. The van der Waals surface area contributed by atoms with Crippen molar-refractivity contribution in [3.8, 4) is 0 Å². The number of hydrogen-bond donors (Lipinski definition) is 1. The van der Waals surface area contributed by atoms with Crippen molar-refractivity contribution in [2.24, 2.45) is 0 Å². The Bertz CT molecular complexity index is 1270. The molecule has 10 heteroatoms. The van der Waals surface area contributed by atoms with Crippen LogP contribution in [0.4, 0.5) is 5.69 Å². The molecule has 0 heterocycles. The van der Waals surface area contributed by atoms with Gasteiger partial charge in [0.2, 0.25) is 15.9 Å². The Morgan fingerprint density at radius 1 is 0.970 bits per heavy atom. The van der Waals surface area contributed by atoms with Crippen molar-refractivity contribution in [1.29, 1.82) is 0 Å². The number of esters is 1. The molecule has 172 valence electrons. The van der Waals surface area contributed by atoms with E-state index in [1.165, 1.54) is 37.4 Å². The zero-order valence-corrected chi connectivity index (χ0v) is 19.8. The predicted octanol–water partition coefficient (Wildman–Crippen LogP) is 4.61. The molecule has 0 radical (unpaired) electrons. The highest BCUT2D eigenvalue weighted by Gasteiger charge is 2.29. The maximum Gasteiger partial charge on any atom is 0.339 e. The summed E-state index contributed by atoms with van der Waals surface area (Å²) in [6.07, 6.45) is 0. The van der Waals surface area contributed by atoms with Gasteiger partial charge in [0.25, 0.3) is 0 Å². The summed E-state index contributed by atoms with van der Waals surface area (Å²) in [6.45, 7) is -0.617. The molecule has 0 bridgehead atoms. The van der Waals surface area contributed by atoms with Crippen LogP contribution in [0, 0.1) is 0 Å². The van der Waals surface area contributed by atoms with Crippen molar-refractivity contribution in [3.63, 3.8) is 0 Å². The molecular formula is C23H20Cl2N2O5S. The SMILES string of the molecule is COC(=O)c1ccccc1NC(=O)CN(Cc1ccccc1)S(=O)(=O)c1cc(Cl)ccc1Cl. The van der Waals surface area contributed by atoms with E-state index in [1.54, 1.807) is 42.5 Å². The van der Waals surface area contributed by atoms with Crippen LogP contribution in [-0.2, 0) is 26.1 Å². The highest BCUT2D eigenvalue weighted by Crippen LogP contribution is 2.29. The van der Waals surface area contributed by atoms with Crippen molar-refractivity contribution in [2.75, 3.05) is 19.0 Å². The molecule has 1 amide bonds. The molecule has 0 saturated heterocycles. The smallest absolute Gasteiger partial charge is 0.339 e. The fraction of sp³-hybridized carbons (Fsp3) is 0.130. The molecule has 0 aliphatic carbocycles. The van der Waals surface area contributed by atoms with Crippen LogP contribution in [0.2, 0.25) is 10.0 Å². The van der Waals surface area contributed by atoms with Crippen LogP contribution in [0.5, 0.6) is 0 Å². The molecule has 0 aliphatic heterocycles. The average molecular weight is 507 g/mol. The summed E-state index contributed by atoms with van der Waals surface area (Å²) in [5.74, 6) is -1.28. The number of nitrogens with one attached hydrogen (secondary N) is 1. The predicted molar refractivity (Wildman–Crippen MR) is 127 cm³/mol. The topological polar surface area (TPSA) is 92.8 Å². The summed E-state index contributed by atoms with van der Waals surface area (Å²) >= 11 is 12.1. The third kappa shape index (κ3) is 6.11. The monoisotopic (exact) mass is 506 g/mol. The molecule has 3 rings (SSSR count). The first kappa shape index (κ1) is 24.7. The van der Waals surface area contributed by atoms with E-state index in [9.17, 15) is 18.0 Å². The summed E-state index contributed by atoms with van der Waals surface area (Å²) in [7, 11) is -2.98. The first-order valence-electron chi connectivity index (χ1n) is 9.68. The summed E-state index contributed by atoms with van der Waals surface area (Å²) in [5.41, 5.74) is 1.01. The van der Waals surface area contributed by atoms with Crippen molar-refractivity contribution in [2.45, 2.75) is 11.4 Å². The Morgan fingerprint density at radius 2 is 1.64 bits per heavy atom. The highest BCUT2D eigenvalue weighted by atomic mass is 35.5. The van der Waals surface area contributed by atoms with E-state index in [-0.39, 0.29) is 32.7 Å². The highest BCUT2D eigenvalue weighted by molar-refractivity contribution is 7.89. The molecule has 0 saturated carbocycles. The minimum Gasteiger partial charge on any atom is -0.465 e. The minimum atomic E-state index is -4.21. The van der Waals surface area contributed by atoms with Gasteiger partial charge in [0.1, 0.15) is 4.90 Å². The number of halogens is 2. The molecule has 0 spiro atoms. The maximum absolute atomic E-state index is 13.4. The van der Waals surface area contributed by atoms with Gasteiger partial charge in [-0.2, -0.15) is 4.31 Å². The minimum absolute atomic E-state index is 0.0195. The van der Waals surface area contributed by atoms with Crippen molar-refractivity contribution in [1.82, 2.24) is 4.31 Å². The standard InChI is InChI=1S/C23H20Cl2N2O5S/c1-32-23(29)18-9-5-6-10-20(18)26-22(28)15-27(14-16-7-3-2-4-8-16)33(30,31)21-13-17(24)11-12-19(21)25/h2-13H,14-15H2,1H3,(H,26,28). The largest absolute Gasteiger partial charge is 0.465 e. The van der Waals surface area contributed by atoms with E-state index >= 15 is 0 Å². The number of methoxy groups -OCH3 is 1. The van der Waals surface area contributed by atoms with Crippen LogP contribution in [0.15, 0.2) is 77.7 Å². The molecule has 7 nitrogen and oxygen atoms in total. The van der Waals surface area contributed by atoms with Gasteiger partial charge >= 0.3 is 5.97 Å². The molecule has 3 aromatic carbocycles. The van der Waals surface area contributed by atoms with Gasteiger partial charge < -0.3 is 10.1 Å². The molecule has 0 aliphatic rings. The number of para-hydroxylation sites is 1. The number of carbonyl (C=O) groups excluding carboxylic acids is 2. The molecular weight excluding hydrogens is 487 g/mol. The number of rotatable bonds is 8. The molecule has 0 unspecified atom stereocenters. The zero-order valence-electron chi connectivity index (χ0n) is 17.5. The number of sulfonamides is 1. The molecule has 33 heavy (non-hydrogen) atoms. The molecule has 0 atom stereocenters. The van der Waals surface area contributed by atoms with Gasteiger partial charge in [0, 0.05) is 11.6 Å². The lowest BCUT2D eigenvalue weighted by molar-refractivity contribution is -0.116. The Labute approximate surface area is 201 Å². The fourth-order valence-corrected chi connectivity index (χ4v) is 5.18. The lowest BCUT2D eigenvalue weighted by atomic mass is 10.2. The first-order valence-corrected chi connectivity index (χ1v) is 11.9. The number of anilines is 1. The van der Waals surface area contributed by atoms with Gasteiger partial charge in [-0.15, -0.1) is 0 Å². The Hall–Kier alpha value is -2.91. The van der Waals surface area contributed by atoms with Crippen LogP contribution in [0.1, 0.15) is 15.9 Å². The van der Waals surface area contributed by atoms with Gasteiger partial charge in [-0.1, -0.05) is 65.7 Å². The van der Waals surface area contributed by atoms with Gasteiger partial charge in [-0.05, 0) is 35.9 Å². The molecule has 3 aromatic rings. The number of benzene rings is 3. The fourth-order valence-electron chi connectivity index (χ4n) is 3.06. The van der Waals surface area contributed by atoms with E-state index in [4.69, 9.17) is 27.9 Å². The third-order valence-electron chi connectivity index (χ3n) is 4.64. The van der Waals surface area contributed by atoms with Crippen LogP contribution in [0.25, 0.3) is 0 Å². The quantitative estimate of drug-likeness (QED) is 0.450. The van der Waals surface area contributed by atoms with Crippen LogP contribution in [-0.4, -0.2) is 38.3 Å². The average Bonchev–Trinajstić information content (AvgIpc) is 2.80. The van der Waals surface area contributed by atoms with Crippen molar-refractivity contribution in [3.05, 3.63) is 94.0 Å². The normalized spacial score (nSPS) is 11.3. The molecule has 0 aromatic heterocycles. The summed E-state index contributed by atoms with van der Waals surface area (Å²) in [4.78, 5) is 24.7. The van der Waals surface area contributed by atoms with Crippen molar-refractivity contribution >= 4 is 50.8 Å². The molecule has 0 fully saturated rings. The van der Waals surface area contributed by atoms with E-state index in [1.807, 2.05) is 0 Å². The van der Waals surface area contributed by atoms with Crippen LogP contribution in [0.3, 0.4) is 0 Å². The Morgan fingerprint density at radius 3 is 2.33 bits per heavy atom. The maximum atomic E-state index is 13.4. The van der Waals surface area contributed by atoms with Gasteiger partial charge in [-0.25, -0.2) is 13.2 Å². The number of ether oxygens (including phenoxy) is 1. The number of nitrogens with zero attached hydrogens (tertiary/aromatic N) is 1. The van der Waals surface area contributed by atoms with Crippen LogP contribution >= 0.6 is 23.2 Å². The Balaban J connectivity index is 1.93. The number of carbonyl (C=O) groups is 2. The van der Waals surface area contributed by atoms with Crippen molar-refractivity contribution < 1.29 is 22.7 Å². The lowest BCUT2D eigenvalue weighted by Gasteiger charge is -2.23. The van der Waals surface area contributed by atoms with Gasteiger partial charge in [0.15, 0.2) is 0 Å². The third-order valence-corrected chi connectivity index (χ3v) is 7.15. The zero-order chi connectivity index (χ0) is 24.0. The van der Waals surface area contributed by atoms with Gasteiger partial charge in [-0.3, -0.25) is 4.79 Å². The van der Waals surface area contributed by atoms with Gasteiger partial charge in [0.05, 0.1) is 29.9 Å². The van der Waals surface area contributed by atoms with Crippen LogP contribution < -0.4 is 5.32 Å². The van der Waals surface area contributed by atoms with E-state index in [0.29, 0.717) is 5.56 Å². The first-order chi connectivity index (χ1) is 15.7. The Kier molecular flexibility index (Phi) is 8.10. The number of hydrogen-bond acceptors (Lipinski definition) is 5. The number of amides is 1. The molecule has 1 N–H and O–H groups in total. The summed E-state index contributed by atoms with van der Waals surface area (Å²) in [5, 5.41) is 2.76.